The van der Waals surface area contributed by atoms with Crippen molar-refractivity contribution in [1.82, 2.24) is 0 Å². The van der Waals surface area contributed by atoms with Crippen molar-refractivity contribution in [3.8, 4) is 22.6 Å². The van der Waals surface area contributed by atoms with Crippen LogP contribution in [0.2, 0.25) is 13.1 Å². The lowest BCUT2D eigenvalue weighted by molar-refractivity contribution is 0.478. The first-order valence-electron chi connectivity index (χ1n) is 13.4. The summed E-state index contributed by atoms with van der Waals surface area (Å²) in [5.41, 5.74) is 13.0. The third-order valence-electron chi connectivity index (χ3n) is 9.03. The highest BCUT2D eigenvalue weighted by atomic mass is 28.3. The highest BCUT2D eigenvalue weighted by Gasteiger charge is 2.51. The summed E-state index contributed by atoms with van der Waals surface area (Å²) in [7, 11) is -1.92. The van der Waals surface area contributed by atoms with Crippen molar-refractivity contribution in [3.63, 3.8) is 0 Å². The number of anilines is 5. The lowest BCUT2D eigenvalue weighted by Crippen LogP contribution is -2.67. The van der Waals surface area contributed by atoms with Crippen molar-refractivity contribution in [2.24, 2.45) is 0 Å². The Balaban J connectivity index is 1.47. The van der Waals surface area contributed by atoms with E-state index in [0.29, 0.717) is 0 Å². The van der Waals surface area contributed by atoms with Crippen molar-refractivity contribution >= 4 is 64.7 Å². The van der Waals surface area contributed by atoms with Crippen LogP contribution in [-0.4, -0.2) is 14.9 Å². The fraction of sp³-hybridized carbons (Fsp3) is 0.0909. The van der Waals surface area contributed by atoms with Gasteiger partial charge in [0.1, 0.15) is 13.8 Å². The number of nitrogens with zero attached hydrogens (tertiary/aromatic N) is 2. The van der Waals surface area contributed by atoms with Crippen LogP contribution in [0.5, 0.6) is 11.5 Å². The molecule has 4 aliphatic rings. The molecule has 5 aromatic carbocycles. The second-order valence-electron chi connectivity index (χ2n) is 11.5. The molecule has 0 atom stereocenters. The molecule has 0 aliphatic carbocycles. The fourth-order valence-corrected chi connectivity index (χ4v) is 10.5. The Labute approximate surface area is 224 Å². The summed E-state index contributed by atoms with van der Waals surface area (Å²) in [5.74, 6) is 1.85. The lowest BCUT2D eigenvalue weighted by Gasteiger charge is -2.51. The van der Waals surface area contributed by atoms with E-state index in [1.807, 2.05) is 0 Å². The Morgan fingerprint density at radius 1 is 0.658 bits per heavy atom. The van der Waals surface area contributed by atoms with Crippen molar-refractivity contribution in [3.05, 3.63) is 103 Å². The predicted octanol–water partition coefficient (Wildman–Crippen LogP) is 5.94. The number of rotatable bonds is 0. The molecule has 0 fully saturated rings. The maximum Gasteiger partial charge on any atom is 0.333 e. The molecule has 0 N–H and O–H groups in total. The van der Waals surface area contributed by atoms with Gasteiger partial charge in [0, 0.05) is 22.6 Å². The van der Waals surface area contributed by atoms with E-state index in [2.05, 4.69) is 127 Å². The van der Waals surface area contributed by atoms with Gasteiger partial charge < -0.3 is 14.4 Å². The Bertz CT molecular complexity index is 1880. The highest BCUT2D eigenvalue weighted by molar-refractivity contribution is 7.04. The summed E-state index contributed by atoms with van der Waals surface area (Å²) in [4.78, 5) is 5.15. The number of ether oxygens (including phenoxy) is 1. The summed E-state index contributed by atoms with van der Waals surface area (Å²) in [5, 5.41) is 3.02. The van der Waals surface area contributed by atoms with E-state index in [4.69, 9.17) is 4.74 Å². The molecule has 0 bridgehead atoms. The average molecular weight is 504 g/mol. The molecule has 38 heavy (non-hydrogen) atoms. The Morgan fingerprint density at radius 2 is 1.39 bits per heavy atom. The molecule has 9 rings (SSSR count). The van der Waals surface area contributed by atoms with Gasteiger partial charge in [-0.2, -0.15) is 0 Å². The van der Waals surface area contributed by atoms with Crippen molar-refractivity contribution < 1.29 is 4.74 Å². The summed E-state index contributed by atoms with van der Waals surface area (Å²) >= 11 is 0. The van der Waals surface area contributed by atoms with E-state index in [-0.39, 0.29) is 6.85 Å². The summed E-state index contributed by atoms with van der Waals surface area (Å²) < 4.78 is 6.51. The molecule has 0 aromatic heterocycles. The predicted molar refractivity (Wildman–Crippen MR) is 162 cm³/mol. The topological polar surface area (TPSA) is 15.7 Å². The standard InChI is InChI=1S/C33H25BN2OSi/c1-20-18-22-21-10-8-15-28-32(21)36(24-12-4-6-14-27(24)37-28)34-23-11-9-17-30-33(23)35(26(19-20)31(22)34)25-13-5-7-16-29(25)38(30,2)3/h4-19H,1-3H3. The molecule has 0 spiro atoms. The molecule has 180 valence electrons. The van der Waals surface area contributed by atoms with Crippen LogP contribution in [0.4, 0.5) is 28.4 Å². The van der Waals surface area contributed by atoms with Gasteiger partial charge in [-0.05, 0) is 69.7 Å². The Hall–Kier alpha value is -4.22. The van der Waals surface area contributed by atoms with E-state index in [9.17, 15) is 0 Å². The third-order valence-corrected chi connectivity index (χ3v) is 12.5. The number of hydrogen-bond donors (Lipinski definition) is 0. The second kappa shape index (κ2) is 6.80. The largest absolute Gasteiger partial charge is 0.453 e. The fourth-order valence-electron chi connectivity index (χ4n) is 7.47. The monoisotopic (exact) mass is 504 g/mol. The van der Waals surface area contributed by atoms with Gasteiger partial charge in [-0.1, -0.05) is 79.8 Å². The molecular formula is C33H25BN2OSi. The maximum absolute atomic E-state index is 6.51. The van der Waals surface area contributed by atoms with E-state index in [0.717, 1.165) is 17.2 Å². The van der Waals surface area contributed by atoms with Crippen molar-refractivity contribution in [2.45, 2.75) is 20.0 Å². The minimum Gasteiger partial charge on any atom is -0.453 e. The lowest BCUT2D eigenvalue weighted by atomic mass is 9.43. The van der Waals surface area contributed by atoms with Crippen LogP contribution >= 0.6 is 0 Å². The first-order chi connectivity index (χ1) is 18.5. The van der Waals surface area contributed by atoms with Gasteiger partial charge in [0.2, 0.25) is 0 Å². The maximum atomic E-state index is 6.51. The zero-order valence-electron chi connectivity index (χ0n) is 21.6. The van der Waals surface area contributed by atoms with E-state index >= 15 is 0 Å². The summed E-state index contributed by atoms with van der Waals surface area (Å²) in [6.07, 6.45) is 0. The highest BCUT2D eigenvalue weighted by Crippen LogP contribution is 2.55. The van der Waals surface area contributed by atoms with Gasteiger partial charge in [-0.15, -0.1) is 0 Å². The van der Waals surface area contributed by atoms with Crippen LogP contribution in [0.25, 0.3) is 11.1 Å². The zero-order valence-corrected chi connectivity index (χ0v) is 22.6. The molecule has 0 unspecified atom stereocenters. The molecule has 0 saturated heterocycles. The number of benzene rings is 5. The molecular weight excluding hydrogens is 479 g/mol. The Kier molecular flexibility index (Phi) is 3.72. The number of aryl methyl sites for hydroxylation is 1. The number of hydrogen-bond acceptors (Lipinski definition) is 3. The van der Waals surface area contributed by atoms with Gasteiger partial charge in [0.25, 0.3) is 0 Å². The van der Waals surface area contributed by atoms with Gasteiger partial charge in [0.05, 0.1) is 11.4 Å². The summed E-state index contributed by atoms with van der Waals surface area (Å²) in [6.45, 7) is 7.32. The molecule has 0 amide bonds. The smallest absolute Gasteiger partial charge is 0.333 e. The molecule has 5 heteroatoms. The first kappa shape index (κ1) is 20.8. The molecule has 3 nitrogen and oxygen atoms in total. The quantitative estimate of drug-likeness (QED) is 0.243. The molecule has 0 saturated carbocycles. The SMILES string of the molecule is Cc1cc2c3c(c1)N1c4ccccc4[Si](C)(C)c4cccc(c41)B3N1c3ccccc3Oc3cccc-2c31. The van der Waals surface area contributed by atoms with Crippen LogP contribution in [0.3, 0.4) is 0 Å². The summed E-state index contributed by atoms with van der Waals surface area (Å²) in [6, 6.07) is 36.0. The molecule has 4 heterocycles. The van der Waals surface area contributed by atoms with Crippen LogP contribution in [-0.2, 0) is 0 Å². The molecule has 4 aliphatic heterocycles. The number of fused-ring (bicyclic) bond motifs is 8. The second-order valence-corrected chi connectivity index (χ2v) is 15.8. The van der Waals surface area contributed by atoms with Gasteiger partial charge >= 0.3 is 6.85 Å². The van der Waals surface area contributed by atoms with Gasteiger partial charge in [-0.3, -0.25) is 0 Å². The minimum atomic E-state index is -1.92. The van der Waals surface area contributed by atoms with Crippen LogP contribution < -0.4 is 35.7 Å². The van der Waals surface area contributed by atoms with Crippen LogP contribution in [0.1, 0.15) is 5.56 Å². The van der Waals surface area contributed by atoms with Gasteiger partial charge in [0.15, 0.2) is 5.75 Å². The normalized spacial score (nSPS) is 16.0. The average Bonchev–Trinajstić information content (AvgIpc) is 2.93. The third kappa shape index (κ3) is 2.33. The molecule has 0 radical (unpaired) electrons. The van der Waals surface area contributed by atoms with Crippen LogP contribution in [0, 0.1) is 6.92 Å². The van der Waals surface area contributed by atoms with E-state index in [1.165, 1.54) is 60.7 Å². The zero-order chi connectivity index (χ0) is 25.3. The Morgan fingerprint density at radius 3 is 2.29 bits per heavy atom. The number of para-hydroxylation sites is 5. The van der Waals surface area contributed by atoms with E-state index < -0.39 is 8.07 Å². The van der Waals surface area contributed by atoms with Crippen molar-refractivity contribution in [1.29, 1.82) is 0 Å². The minimum absolute atomic E-state index is 0.0700. The van der Waals surface area contributed by atoms with E-state index in [1.54, 1.807) is 0 Å². The van der Waals surface area contributed by atoms with Crippen LogP contribution in [0.15, 0.2) is 97.1 Å². The van der Waals surface area contributed by atoms with Crippen molar-refractivity contribution in [2.75, 3.05) is 9.71 Å². The first-order valence-corrected chi connectivity index (χ1v) is 16.4. The van der Waals surface area contributed by atoms with Gasteiger partial charge in [-0.25, -0.2) is 0 Å². The molecule has 5 aromatic rings.